The van der Waals surface area contributed by atoms with Gasteiger partial charge in [-0.25, -0.2) is 4.98 Å². The van der Waals surface area contributed by atoms with E-state index < -0.39 is 5.60 Å². The molecule has 0 aliphatic carbocycles. The van der Waals surface area contributed by atoms with Crippen LogP contribution in [-0.4, -0.2) is 39.6 Å². The van der Waals surface area contributed by atoms with Gasteiger partial charge in [-0.3, -0.25) is 4.79 Å². The number of nitriles is 1. The van der Waals surface area contributed by atoms with Gasteiger partial charge in [0.1, 0.15) is 11.8 Å². The zero-order chi connectivity index (χ0) is 14.0. The third kappa shape index (κ3) is 2.91. The SMILES string of the molecule is Cc1nc(C(=O)N2CCC(C)(O)CC2)ccc1C#N. The van der Waals surface area contributed by atoms with E-state index in [0.29, 0.717) is 42.9 Å². The molecule has 1 amide bonds. The van der Waals surface area contributed by atoms with Crippen LogP contribution in [0.2, 0.25) is 0 Å². The Morgan fingerprint density at radius 3 is 2.63 bits per heavy atom. The summed E-state index contributed by atoms with van der Waals surface area (Å²) in [6.07, 6.45) is 1.15. The quantitative estimate of drug-likeness (QED) is 0.823. The number of aryl methyl sites for hydroxylation is 1. The van der Waals surface area contributed by atoms with Gasteiger partial charge in [-0.1, -0.05) is 0 Å². The predicted octanol–water partition coefficient (Wildman–Crippen LogP) is 1.25. The van der Waals surface area contributed by atoms with Gasteiger partial charge in [-0.2, -0.15) is 5.26 Å². The fraction of sp³-hybridized carbons (Fsp3) is 0.500. The van der Waals surface area contributed by atoms with Crippen molar-refractivity contribution >= 4 is 5.91 Å². The number of nitrogens with zero attached hydrogens (tertiary/aromatic N) is 3. The van der Waals surface area contributed by atoms with Crippen LogP contribution < -0.4 is 0 Å². The van der Waals surface area contributed by atoms with Crippen LogP contribution in [0.1, 0.15) is 41.5 Å². The largest absolute Gasteiger partial charge is 0.390 e. The van der Waals surface area contributed by atoms with Gasteiger partial charge in [0.25, 0.3) is 5.91 Å². The first-order chi connectivity index (χ1) is 8.93. The lowest BCUT2D eigenvalue weighted by Crippen LogP contribution is -2.45. The molecule has 2 rings (SSSR count). The van der Waals surface area contributed by atoms with E-state index in [9.17, 15) is 9.90 Å². The Labute approximate surface area is 112 Å². The topological polar surface area (TPSA) is 77.2 Å². The number of pyridine rings is 1. The number of carbonyl (C=O) groups is 1. The minimum Gasteiger partial charge on any atom is -0.390 e. The van der Waals surface area contributed by atoms with Crippen molar-refractivity contribution in [2.24, 2.45) is 0 Å². The summed E-state index contributed by atoms with van der Waals surface area (Å²) in [5, 5.41) is 18.7. The highest BCUT2D eigenvalue weighted by molar-refractivity contribution is 5.92. The van der Waals surface area contributed by atoms with Crippen molar-refractivity contribution in [3.8, 4) is 6.07 Å². The second kappa shape index (κ2) is 4.98. The van der Waals surface area contributed by atoms with Gasteiger partial charge in [-0.05, 0) is 38.8 Å². The van der Waals surface area contributed by atoms with E-state index in [1.54, 1.807) is 30.9 Å². The van der Waals surface area contributed by atoms with Crippen molar-refractivity contribution in [1.29, 1.82) is 5.26 Å². The molecule has 5 nitrogen and oxygen atoms in total. The zero-order valence-corrected chi connectivity index (χ0v) is 11.2. The second-order valence-corrected chi connectivity index (χ2v) is 5.23. The van der Waals surface area contributed by atoms with Crippen molar-refractivity contribution in [3.05, 3.63) is 29.1 Å². The fourth-order valence-corrected chi connectivity index (χ4v) is 2.15. The van der Waals surface area contributed by atoms with Gasteiger partial charge >= 0.3 is 0 Å². The molecule has 1 aliphatic heterocycles. The third-order valence-electron chi connectivity index (χ3n) is 3.55. The monoisotopic (exact) mass is 259 g/mol. The molecule has 1 aromatic heterocycles. The van der Waals surface area contributed by atoms with Crippen LogP contribution >= 0.6 is 0 Å². The molecule has 0 saturated carbocycles. The highest BCUT2D eigenvalue weighted by Gasteiger charge is 2.30. The molecular formula is C14H17N3O2. The molecule has 1 fully saturated rings. The molecule has 0 aromatic carbocycles. The molecule has 1 aromatic rings. The van der Waals surface area contributed by atoms with E-state index >= 15 is 0 Å². The summed E-state index contributed by atoms with van der Waals surface area (Å²) in [4.78, 5) is 18.1. The Morgan fingerprint density at radius 1 is 1.47 bits per heavy atom. The molecule has 0 spiro atoms. The summed E-state index contributed by atoms with van der Waals surface area (Å²) >= 11 is 0. The van der Waals surface area contributed by atoms with Gasteiger partial charge in [-0.15, -0.1) is 0 Å². The van der Waals surface area contributed by atoms with Crippen LogP contribution in [-0.2, 0) is 0 Å². The molecule has 5 heteroatoms. The molecule has 0 unspecified atom stereocenters. The van der Waals surface area contributed by atoms with Crippen molar-refractivity contribution < 1.29 is 9.90 Å². The number of aliphatic hydroxyl groups is 1. The number of carbonyl (C=O) groups excluding carboxylic acids is 1. The van der Waals surface area contributed by atoms with E-state index in [-0.39, 0.29) is 5.91 Å². The summed E-state index contributed by atoms with van der Waals surface area (Å²) in [6, 6.07) is 5.24. The number of aromatic nitrogens is 1. The van der Waals surface area contributed by atoms with Crippen LogP contribution in [0, 0.1) is 18.3 Å². The molecule has 19 heavy (non-hydrogen) atoms. The minimum absolute atomic E-state index is 0.136. The lowest BCUT2D eigenvalue weighted by atomic mass is 9.93. The van der Waals surface area contributed by atoms with Crippen molar-refractivity contribution in [3.63, 3.8) is 0 Å². The first-order valence-electron chi connectivity index (χ1n) is 6.32. The Bertz CT molecular complexity index is 536. The maximum absolute atomic E-state index is 12.3. The number of piperidine rings is 1. The van der Waals surface area contributed by atoms with E-state index in [1.165, 1.54) is 0 Å². The third-order valence-corrected chi connectivity index (χ3v) is 3.55. The predicted molar refractivity (Wildman–Crippen MR) is 69.5 cm³/mol. The number of hydrogen-bond donors (Lipinski definition) is 1. The number of likely N-dealkylation sites (tertiary alicyclic amines) is 1. The van der Waals surface area contributed by atoms with Gasteiger partial charge < -0.3 is 10.0 Å². The van der Waals surface area contributed by atoms with Crippen LogP contribution in [0.5, 0.6) is 0 Å². The zero-order valence-electron chi connectivity index (χ0n) is 11.2. The molecule has 100 valence electrons. The summed E-state index contributed by atoms with van der Waals surface area (Å²) in [5.41, 5.74) is 0.735. The highest BCUT2D eigenvalue weighted by Crippen LogP contribution is 2.22. The lowest BCUT2D eigenvalue weighted by molar-refractivity contribution is -0.00220. The number of hydrogen-bond acceptors (Lipinski definition) is 4. The fourth-order valence-electron chi connectivity index (χ4n) is 2.15. The summed E-state index contributed by atoms with van der Waals surface area (Å²) < 4.78 is 0. The maximum Gasteiger partial charge on any atom is 0.272 e. The Morgan fingerprint density at radius 2 is 2.11 bits per heavy atom. The van der Waals surface area contributed by atoms with Gasteiger partial charge in [0.15, 0.2) is 0 Å². The lowest BCUT2D eigenvalue weighted by Gasteiger charge is -2.35. The molecule has 2 heterocycles. The average Bonchev–Trinajstić information content (AvgIpc) is 2.38. The van der Waals surface area contributed by atoms with Gasteiger partial charge in [0.05, 0.1) is 16.9 Å². The highest BCUT2D eigenvalue weighted by atomic mass is 16.3. The van der Waals surface area contributed by atoms with Crippen molar-refractivity contribution in [2.75, 3.05) is 13.1 Å². The number of amides is 1. The normalized spacial score (nSPS) is 17.9. The smallest absolute Gasteiger partial charge is 0.272 e. The Balaban J connectivity index is 2.13. The van der Waals surface area contributed by atoms with E-state index in [1.807, 2.05) is 6.07 Å². The first-order valence-corrected chi connectivity index (χ1v) is 6.32. The maximum atomic E-state index is 12.3. The summed E-state index contributed by atoms with van der Waals surface area (Å²) in [5.74, 6) is -0.136. The van der Waals surface area contributed by atoms with Gasteiger partial charge in [0, 0.05) is 13.1 Å². The van der Waals surface area contributed by atoms with E-state index in [2.05, 4.69) is 4.98 Å². The van der Waals surface area contributed by atoms with Crippen molar-refractivity contribution in [2.45, 2.75) is 32.3 Å². The second-order valence-electron chi connectivity index (χ2n) is 5.23. The summed E-state index contributed by atoms with van der Waals surface area (Å²) in [7, 11) is 0. The first kappa shape index (κ1) is 13.5. The van der Waals surface area contributed by atoms with Gasteiger partial charge in [0.2, 0.25) is 0 Å². The molecule has 1 N–H and O–H groups in total. The van der Waals surface area contributed by atoms with Crippen LogP contribution in [0.15, 0.2) is 12.1 Å². The molecule has 1 aliphatic rings. The van der Waals surface area contributed by atoms with Crippen LogP contribution in [0.3, 0.4) is 0 Å². The molecule has 0 atom stereocenters. The molecular weight excluding hydrogens is 242 g/mol. The number of rotatable bonds is 1. The van der Waals surface area contributed by atoms with Crippen LogP contribution in [0.4, 0.5) is 0 Å². The molecule has 1 saturated heterocycles. The van der Waals surface area contributed by atoms with E-state index in [4.69, 9.17) is 5.26 Å². The molecule has 0 bridgehead atoms. The van der Waals surface area contributed by atoms with E-state index in [0.717, 1.165) is 0 Å². The Kier molecular flexibility index (Phi) is 3.54. The van der Waals surface area contributed by atoms with Crippen LogP contribution in [0.25, 0.3) is 0 Å². The Hall–Kier alpha value is -1.93. The average molecular weight is 259 g/mol. The minimum atomic E-state index is -0.676. The standard InChI is InChI=1S/C14H17N3O2/c1-10-11(9-15)3-4-12(16-10)13(18)17-7-5-14(2,19)6-8-17/h3-4,19H,5-8H2,1-2H3. The molecule has 0 radical (unpaired) electrons. The van der Waals surface area contributed by atoms with Crippen molar-refractivity contribution in [1.82, 2.24) is 9.88 Å². The summed E-state index contributed by atoms with van der Waals surface area (Å²) in [6.45, 7) is 4.58.